The van der Waals surface area contributed by atoms with Crippen LogP contribution in [0.15, 0.2) is 11.6 Å². The summed E-state index contributed by atoms with van der Waals surface area (Å²) < 4.78 is 5.45. The van der Waals surface area contributed by atoms with Gasteiger partial charge >= 0.3 is 0 Å². The molecule has 1 rings (SSSR count). The van der Waals surface area contributed by atoms with E-state index >= 15 is 0 Å². The number of allylic oxidation sites excluding steroid dienone is 1. The van der Waals surface area contributed by atoms with E-state index in [1.54, 1.807) is 0 Å². The Morgan fingerprint density at radius 2 is 2.40 bits per heavy atom. The van der Waals surface area contributed by atoms with Crippen LogP contribution in [0.2, 0.25) is 0 Å². The first-order chi connectivity index (χ1) is 4.79. The molecule has 0 unspecified atom stereocenters. The van der Waals surface area contributed by atoms with Crippen molar-refractivity contribution in [3.63, 3.8) is 0 Å². The Hall–Kier alpha value is -0.340. The maximum absolute atomic E-state index is 5.45. The zero-order valence-electron chi connectivity index (χ0n) is 6.68. The third kappa shape index (κ3) is 2.50. The molecule has 0 aliphatic carbocycles. The van der Waals surface area contributed by atoms with Gasteiger partial charge in [0.25, 0.3) is 0 Å². The van der Waals surface area contributed by atoms with Gasteiger partial charge in [-0.3, -0.25) is 0 Å². The molecule has 0 bridgehead atoms. The lowest BCUT2D eigenvalue weighted by atomic mass is 10.2. The first-order valence-electron chi connectivity index (χ1n) is 3.76. The SMILES string of the molecule is CC(C)=C[C@@H]1CNCCO1. The molecule has 1 aliphatic rings. The van der Waals surface area contributed by atoms with Crippen LogP contribution in [0.4, 0.5) is 0 Å². The minimum absolute atomic E-state index is 0.304. The lowest BCUT2D eigenvalue weighted by Gasteiger charge is -2.20. The first kappa shape index (κ1) is 7.76. The van der Waals surface area contributed by atoms with Crippen molar-refractivity contribution in [3.8, 4) is 0 Å². The summed E-state index contributed by atoms with van der Waals surface area (Å²) in [4.78, 5) is 0. The molecule has 0 spiro atoms. The van der Waals surface area contributed by atoms with E-state index < -0.39 is 0 Å². The minimum atomic E-state index is 0.304. The van der Waals surface area contributed by atoms with Gasteiger partial charge in [-0.25, -0.2) is 0 Å². The summed E-state index contributed by atoms with van der Waals surface area (Å²) >= 11 is 0. The fourth-order valence-electron chi connectivity index (χ4n) is 1.06. The molecule has 0 amide bonds. The zero-order chi connectivity index (χ0) is 7.40. The van der Waals surface area contributed by atoms with Crippen LogP contribution in [0, 0.1) is 0 Å². The fraction of sp³-hybridized carbons (Fsp3) is 0.750. The number of ether oxygens (including phenoxy) is 1. The van der Waals surface area contributed by atoms with Crippen molar-refractivity contribution in [1.29, 1.82) is 0 Å². The van der Waals surface area contributed by atoms with Gasteiger partial charge in [0, 0.05) is 13.1 Å². The third-order valence-electron chi connectivity index (χ3n) is 1.48. The van der Waals surface area contributed by atoms with Crippen molar-refractivity contribution >= 4 is 0 Å². The Morgan fingerprint density at radius 1 is 1.60 bits per heavy atom. The fourth-order valence-corrected chi connectivity index (χ4v) is 1.06. The predicted molar refractivity (Wildman–Crippen MR) is 42.0 cm³/mol. The number of rotatable bonds is 1. The van der Waals surface area contributed by atoms with Gasteiger partial charge in [0.15, 0.2) is 0 Å². The Kier molecular flexibility index (Phi) is 2.90. The normalized spacial score (nSPS) is 26.0. The Morgan fingerprint density at radius 3 is 2.90 bits per heavy atom. The third-order valence-corrected chi connectivity index (χ3v) is 1.48. The molecule has 2 heteroatoms. The molecule has 0 aromatic heterocycles. The summed E-state index contributed by atoms with van der Waals surface area (Å²) in [5.74, 6) is 0. The van der Waals surface area contributed by atoms with Gasteiger partial charge in [-0.15, -0.1) is 0 Å². The van der Waals surface area contributed by atoms with Crippen LogP contribution in [0.1, 0.15) is 13.8 Å². The molecule has 0 aromatic rings. The highest BCUT2D eigenvalue weighted by atomic mass is 16.5. The van der Waals surface area contributed by atoms with E-state index in [0.717, 1.165) is 19.7 Å². The molecule has 1 N–H and O–H groups in total. The first-order valence-corrected chi connectivity index (χ1v) is 3.76. The van der Waals surface area contributed by atoms with Crippen LogP contribution >= 0.6 is 0 Å². The molecule has 10 heavy (non-hydrogen) atoms. The van der Waals surface area contributed by atoms with Gasteiger partial charge < -0.3 is 10.1 Å². The second-order valence-electron chi connectivity index (χ2n) is 2.86. The van der Waals surface area contributed by atoms with Crippen molar-refractivity contribution in [3.05, 3.63) is 11.6 Å². The second kappa shape index (κ2) is 3.74. The highest BCUT2D eigenvalue weighted by Crippen LogP contribution is 2.00. The van der Waals surface area contributed by atoms with E-state index in [9.17, 15) is 0 Å². The average Bonchev–Trinajstić information content (AvgIpc) is 1.88. The van der Waals surface area contributed by atoms with Crippen molar-refractivity contribution in [1.82, 2.24) is 5.32 Å². The minimum Gasteiger partial charge on any atom is -0.371 e. The monoisotopic (exact) mass is 141 g/mol. The molecule has 1 aliphatic heterocycles. The molecule has 0 aromatic carbocycles. The van der Waals surface area contributed by atoms with E-state index in [0.29, 0.717) is 6.10 Å². The molecule has 0 saturated carbocycles. The lowest BCUT2D eigenvalue weighted by molar-refractivity contribution is 0.0587. The van der Waals surface area contributed by atoms with Gasteiger partial charge in [-0.2, -0.15) is 0 Å². The van der Waals surface area contributed by atoms with Crippen LogP contribution in [0.25, 0.3) is 0 Å². The van der Waals surface area contributed by atoms with E-state index in [1.165, 1.54) is 5.57 Å². The quantitative estimate of drug-likeness (QED) is 0.549. The Labute approximate surface area is 62.3 Å². The van der Waals surface area contributed by atoms with Crippen molar-refractivity contribution in [2.45, 2.75) is 20.0 Å². The van der Waals surface area contributed by atoms with E-state index in [4.69, 9.17) is 4.74 Å². The molecular formula is C8H15NO. The molecule has 1 atom stereocenters. The van der Waals surface area contributed by atoms with Crippen LogP contribution < -0.4 is 5.32 Å². The zero-order valence-corrected chi connectivity index (χ0v) is 6.68. The second-order valence-corrected chi connectivity index (χ2v) is 2.86. The molecular weight excluding hydrogens is 126 g/mol. The van der Waals surface area contributed by atoms with Crippen molar-refractivity contribution < 1.29 is 4.74 Å². The smallest absolute Gasteiger partial charge is 0.0883 e. The van der Waals surface area contributed by atoms with Gasteiger partial charge in [-0.05, 0) is 13.8 Å². The van der Waals surface area contributed by atoms with E-state index in [-0.39, 0.29) is 0 Å². The molecule has 1 saturated heterocycles. The summed E-state index contributed by atoms with van der Waals surface area (Å²) in [6.07, 6.45) is 2.46. The maximum atomic E-state index is 5.45. The molecule has 0 radical (unpaired) electrons. The topological polar surface area (TPSA) is 21.3 Å². The van der Waals surface area contributed by atoms with Crippen molar-refractivity contribution in [2.75, 3.05) is 19.7 Å². The predicted octanol–water partition coefficient (Wildman–Crippen LogP) is 0.941. The van der Waals surface area contributed by atoms with Gasteiger partial charge in [-0.1, -0.05) is 11.6 Å². The largest absolute Gasteiger partial charge is 0.371 e. The molecule has 1 heterocycles. The summed E-state index contributed by atoms with van der Waals surface area (Å²) in [5.41, 5.74) is 1.33. The van der Waals surface area contributed by atoms with Gasteiger partial charge in [0.2, 0.25) is 0 Å². The average molecular weight is 141 g/mol. The Bertz CT molecular complexity index is 121. The standard InChI is InChI=1S/C8H15NO/c1-7(2)5-8-6-9-3-4-10-8/h5,8-9H,3-4,6H2,1-2H3/t8-/m1/s1. The summed E-state index contributed by atoms with van der Waals surface area (Å²) in [7, 11) is 0. The highest BCUT2D eigenvalue weighted by Gasteiger charge is 2.08. The molecule has 1 fully saturated rings. The Balaban J connectivity index is 2.33. The molecule has 58 valence electrons. The van der Waals surface area contributed by atoms with Crippen LogP contribution in [0.3, 0.4) is 0 Å². The van der Waals surface area contributed by atoms with E-state index in [2.05, 4.69) is 25.2 Å². The van der Waals surface area contributed by atoms with Gasteiger partial charge in [0.05, 0.1) is 12.7 Å². The number of hydrogen-bond acceptors (Lipinski definition) is 2. The summed E-state index contributed by atoms with van der Waals surface area (Å²) in [6.45, 7) is 6.99. The van der Waals surface area contributed by atoms with Gasteiger partial charge in [0.1, 0.15) is 0 Å². The van der Waals surface area contributed by atoms with E-state index in [1.807, 2.05) is 0 Å². The van der Waals surface area contributed by atoms with Crippen LogP contribution in [-0.2, 0) is 4.74 Å². The number of hydrogen-bond donors (Lipinski definition) is 1. The number of nitrogens with one attached hydrogen (secondary N) is 1. The summed E-state index contributed by atoms with van der Waals surface area (Å²) in [6, 6.07) is 0. The van der Waals surface area contributed by atoms with Crippen molar-refractivity contribution in [2.24, 2.45) is 0 Å². The lowest BCUT2D eigenvalue weighted by Crippen LogP contribution is -2.37. The van der Waals surface area contributed by atoms with Crippen LogP contribution in [-0.4, -0.2) is 25.8 Å². The summed E-state index contributed by atoms with van der Waals surface area (Å²) in [5, 5.41) is 3.27. The highest BCUT2D eigenvalue weighted by molar-refractivity contribution is 4.99. The maximum Gasteiger partial charge on any atom is 0.0883 e. The number of morpholine rings is 1. The van der Waals surface area contributed by atoms with Crippen LogP contribution in [0.5, 0.6) is 0 Å². The molecule has 2 nitrogen and oxygen atoms in total.